The van der Waals surface area contributed by atoms with Gasteiger partial charge in [0.25, 0.3) is 5.91 Å². The molecule has 122 valence electrons. The van der Waals surface area contributed by atoms with E-state index < -0.39 is 35.6 Å². The summed E-state index contributed by atoms with van der Waals surface area (Å²) in [6, 6.07) is 6.29. The number of hydrogen-bond donors (Lipinski definition) is 0. The Kier molecular flexibility index (Phi) is 5.15. The molecule has 0 saturated carbocycles. The van der Waals surface area contributed by atoms with E-state index in [9.17, 15) is 22.4 Å². The molecule has 1 heterocycles. The van der Waals surface area contributed by atoms with Gasteiger partial charge in [0.05, 0.1) is 6.20 Å². The molecule has 0 radical (unpaired) electrons. The second-order valence-corrected chi connectivity index (χ2v) is 4.68. The van der Waals surface area contributed by atoms with Crippen LogP contribution in [-0.2, 0) is 6.54 Å². The molecule has 0 unspecified atom stereocenters. The Balaban J connectivity index is 2.23. The molecule has 0 saturated heterocycles. The predicted octanol–water partition coefficient (Wildman–Crippen LogP) is 3.23. The average molecular weight is 328 g/mol. The average Bonchev–Trinajstić information content (AvgIpc) is 2.48. The topological polar surface area (TPSA) is 42.4 Å². The van der Waals surface area contributed by atoms with Gasteiger partial charge in [-0.2, -0.15) is 8.78 Å². The van der Waals surface area contributed by atoms with E-state index in [0.29, 0.717) is 11.8 Å². The van der Waals surface area contributed by atoms with Crippen LogP contribution in [0.4, 0.5) is 17.6 Å². The number of carbonyl (C=O) groups is 1. The van der Waals surface area contributed by atoms with Crippen molar-refractivity contribution < 1.29 is 27.1 Å². The van der Waals surface area contributed by atoms with Crippen LogP contribution in [0.3, 0.4) is 0 Å². The third-order valence-electron chi connectivity index (χ3n) is 2.90. The highest BCUT2D eigenvalue weighted by Gasteiger charge is 2.21. The maximum absolute atomic E-state index is 13.3. The van der Waals surface area contributed by atoms with Crippen LogP contribution in [0.2, 0.25) is 0 Å². The second-order valence-electron chi connectivity index (χ2n) is 4.68. The lowest BCUT2D eigenvalue weighted by atomic mass is 10.2. The predicted molar refractivity (Wildman–Crippen MR) is 73.0 cm³/mol. The van der Waals surface area contributed by atoms with Crippen LogP contribution in [0.25, 0.3) is 0 Å². The fourth-order valence-corrected chi connectivity index (χ4v) is 1.94. The Morgan fingerprint density at radius 2 is 2.00 bits per heavy atom. The molecule has 0 fully saturated rings. The Hall–Kier alpha value is -2.64. The zero-order valence-electron chi connectivity index (χ0n) is 12.0. The second kappa shape index (κ2) is 7.08. The molecule has 0 aliphatic carbocycles. The van der Waals surface area contributed by atoms with Gasteiger partial charge in [-0.05, 0) is 23.8 Å². The first-order valence-corrected chi connectivity index (χ1v) is 6.47. The van der Waals surface area contributed by atoms with E-state index >= 15 is 0 Å². The van der Waals surface area contributed by atoms with Gasteiger partial charge >= 0.3 is 6.61 Å². The first kappa shape index (κ1) is 16.7. The van der Waals surface area contributed by atoms with Crippen LogP contribution in [0.5, 0.6) is 5.88 Å². The van der Waals surface area contributed by atoms with Crippen LogP contribution < -0.4 is 4.74 Å². The van der Waals surface area contributed by atoms with Gasteiger partial charge in [0, 0.05) is 13.6 Å². The third kappa shape index (κ3) is 4.41. The van der Waals surface area contributed by atoms with Crippen molar-refractivity contribution in [3.63, 3.8) is 0 Å². The highest BCUT2D eigenvalue weighted by atomic mass is 19.3. The molecule has 0 N–H and O–H groups in total. The first-order valence-electron chi connectivity index (χ1n) is 6.47. The van der Waals surface area contributed by atoms with E-state index in [4.69, 9.17) is 0 Å². The minimum atomic E-state index is -3.20. The number of pyridine rings is 1. The summed E-state index contributed by atoms with van der Waals surface area (Å²) in [5.41, 5.74) is 0.0470. The molecule has 2 rings (SSSR count). The van der Waals surface area contributed by atoms with Crippen molar-refractivity contribution in [1.29, 1.82) is 0 Å². The van der Waals surface area contributed by atoms with Crippen molar-refractivity contribution in [2.24, 2.45) is 0 Å². The summed E-state index contributed by atoms with van der Waals surface area (Å²) in [6.45, 7) is -3.20. The van der Waals surface area contributed by atoms with Gasteiger partial charge < -0.3 is 9.64 Å². The summed E-state index contributed by atoms with van der Waals surface area (Å²) in [4.78, 5) is 16.8. The fraction of sp³-hybridized carbons (Fsp3) is 0.200. The number of alkyl halides is 2. The maximum atomic E-state index is 13.3. The number of hydrogen-bond acceptors (Lipinski definition) is 3. The molecule has 0 atom stereocenters. The summed E-state index contributed by atoms with van der Waals surface area (Å²) in [7, 11) is 1.37. The molecule has 4 nitrogen and oxygen atoms in total. The van der Waals surface area contributed by atoms with Crippen LogP contribution in [0.1, 0.15) is 15.9 Å². The summed E-state index contributed by atoms with van der Waals surface area (Å²) in [5.74, 6) is -2.79. The van der Waals surface area contributed by atoms with Crippen LogP contribution in [0, 0.1) is 11.6 Å². The lowest BCUT2D eigenvalue weighted by molar-refractivity contribution is -0.0533. The van der Waals surface area contributed by atoms with Gasteiger partial charge in [-0.25, -0.2) is 13.8 Å². The van der Waals surface area contributed by atoms with E-state index in [-0.39, 0.29) is 6.54 Å². The minimum absolute atomic E-state index is 0.00122. The molecule has 2 aromatic rings. The quantitative estimate of drug-likeness (QED) is 0.792. The summed E-state index contributed by atoms with van der Waals surface area (Å²) >= 11 is 0. The number of carbonyl (C=O) groups excluding carboxylic acids is 1. The Bertz CT molecular complexity index is 710. The van der Waals surface area contributed by atoms with Gasteiger partial charge in [-0.15, -0.1) is 0 Å². The van der Waals surface area contributed by atoms with E-state index in [1.807, 2.05) is 0 Å². The van der Waals surface area contributed by atoms with E-state index in [2.05, 4.69) is 9.72 Å². The largest absolute Gasteiger partial charge is 0.416 e. The molecule has 0 aliphatic heterocycles. The molecule has 8 heteroatoms. The standard InChI is InChI=1S/C15H12F4N2O2/c1-21(8-9-3-2-4-10(16)5-9)14(22)12-6-11(17)7-20-13(12)23-15(18)19/h2-7,15H,8H2,1H3. The van der Waals surface area contributed by atoms with E-state index in [1.54, 1.807) is 6.07 Å². The number of ether oxygens (including phenoxy) is 1. The van der Waals surface area contributed by atoms with Crippen LogP contribution in [-0.4, -0.2) is 29.5 Å². The molecule has 0 bridgehead atoms. The van der Waals surface area contributed by atoms with E-state index in [1.165, 1.54) is 25.2 Å². The smallest absolute Gasteiger partial charge is 0.388 e. The normalized spacial score (nSPS) is 10.7. The lowest BCUT2D eigenvalue weighted by Gasteiger charge is -2.18. The minimum Gasteiger partial charge on any atom is -0.416 e. The zero-order chi connectivity index (χ0) is 17.0. The number of rotatable bonds is 5. The Morgan fingerprint density at radius 1 is 1.26 bits per heavy atom. The summed E-state index contributed by atoms with van der Waals surface area (Å²) in [6.07, 6.45) is 0.668. The van der Waals surface area contributed by atoms with Crippen molar-refractivity contribution in [1.82, 2.24) is 9.88 Å². The third-order valence-corrected chi connectivity index (χ3v) is 2.90. The number of nitrogens with zero attached hydrogens (tertiary/aromatic N) is 2. The Labute approximate surface area is 129 Å². The SMILES string of the molecule is CN(Cc1cccc(F)c1)C(=O)c1cc(F)cnc1OC(F)F. The van der Waals surface area contributed by atoms with Crippen LogP contribution in [0.15, 0.2) is 36.5 Å². The zero-order valence-corrected chi connectivity index (χ0v) is 12.0. The van der Waals surface area contributed by atoms with Gasteiger partial charge in [-0.3, -0.25) is 4.79 Å². The number of halogens is 4. The molecule has 1 aromatic carbocycles. The molecule has 1 amide bonds. The van der Waals surface area contributed by atoms with E-state index in [0.717, 1.165) is 11.0 Å². The number of aromatic nitrogens is 1. The Morgan fingerprint density at radius 3 is 2.65 bits per heavy atom. The number of benzene rings is 1. The van der Waals surface area contributed by atoms with Crippen LogP contribution >= 0.6 is 0 Å². The summed E-state index contributed by atoms with van der Waals surface area (Å²) in [5, 5.41) is 0. The molecule has 23 heavy (non-hydrogen) atoms. The van der Waals surface area contributed by atoms with Gasteiger partial charge in [0.15, 0.2) is 0 Å². The molecular formula is C15H12F4N2O2. The fourth-order valence-electron chi connectivity index (χ4n) is 1.94. The molecular weight excluding hydrogens is 316 g/mol. The number of amides is 1. The molecule has 1 aromatic heterocycles. The van der Waals surface area contributed by atoms with Crippen molar-refractivity contribution in [2.45, 2.75) is 13.2 Å². The van der Waals surface area contributed by atoms with Gasteiger partial charge in [-0.1, -0.05) is 12.1 Å². The lowest BCUT2D eigenvalue weighted by Crippen LogP contribution is -2.27. The van der Waals surface area contributed by atoms with Crippen molar-refractivity contribution in [2.75, 3.05) is 7.05 Å². The maximum Gasteiger partial charge on any atom is 0.388 e. The molecule has 0 aliphatic rings. The van der Waals surface area contributed by atoms with Crippen molar-refractivity contribution >= 4 is 5.91 Å². The molecule has 0 spiro atoms. The van der Waals surface area contributed by atoms with Gasteiger partial charge in [0.1, 0.15) is 17.2 Å². The highest BCUT2D eigenvalue weighted by Crippen LogP contribution is 2.21. The van der Waals surface area contributed by atoms with Crippen molar-refractivity contribution in [3.8, 4) is 5.88 Å². The van der Waals surface area contributed by atoms with Gasteiger partial charge in [0.2, 0.25) is 5.88 Å². The highest BCUT2D eigenvalue weighted by molar-refractivity contribution is 5.96. The monoisotopic (exact) mass is 328 g/mol. The van der Waals surface area contributed by atoms with Crippen molar-refractivity contribution in [3.05, 3.63) is 59.3 Å². The first-order chi connectivity index (χ1) is 10.9. The summed E-state index contributed by atoms with van der Waals surface area (Å²) < 4.78 is 55.2.